The normalized spacial score (nSPS) is 16.9. The second-order valence-corrected chi connectivity index (χ2v) is 7.64. The van der Waals surface area contributed by atoms with Crippen LogP contribution in [0.3, 0.4) is 0 Å². The van der Waals surface area contributed by atoms with Crippen molar-refractivity contribution in [1.82, 2.24) is 14.9 Å². The van der Waals surface area contributed by atoms with Gasteiger partial charge in [0.2, 0.25) is 11.9 Å². The number of rotatable bonds is 6. The van der Waals surface area contributed by atoms with Gasteiger partial charge in [-0.3, -0.25) is 4.79 Å². The summed E-state index contributed by atoms with van der Waals surface area (Å²) in [7, 11) is 0. The second kappa shape index (κ2) is 8.55. The lowest BCUT2D eigenvalue weighted by Gasteiger charge is -2.33. The molecule has 6 nitrogen and oxygen atoms in total. The van der Waals surface area contributed by atoms with E-state index in [9.17, 15) is 9.90 Å². The summed E-state index contributed by atoms with van der Waals surface area (Å²) in [4.78, 5) is 19.8. The minimum Gasteiger partial charge on any atom is -0.508 e. The van der Waals surface area contributed by atoms with Gasteiger partial charge in [0, 0.05) is 26.2 Å². The first-order chi connectivity index (χ1) is 14.2. The Morgan fingerprint density at radius 1 is 1.21 bits per heavy atom. The van der Waals surface area contributed by atoms with Crippen molar-refractivity contribution in [1.29, 1.82) is 0 Å². The van der Waals surface area contributed by atoms with Crippen molar-refractivity contribution in [2.45, 2.75) is 32.7 Å². The molecule has 0 bridgehead atoms. The minimum absolute atomic E-state index is 0.0197. The minimum atomic E-state index is -0.0197. The number of nitrogens with zero attached hydrogens (tertiary/aromatic N) is 3. The van der Waals surface area contributed by atoms with E-state index in [4.69, 9.17) is 4.98 Å². The van der Waals surface area contributed by atoms with Gasteiger partial charge in [-0.25, -0.2) is 4.98 Å². The summed E-state index contributed by atoms with van der Waals surface area (Å²) in [6, 6.07) is 15.3. The van der Waals surface area contributed by atoms with Crippen LogP contribution in [0.5, 0.6) is 5.75 Å². The molecule has 1 aliphatic heterocycles. The number of fused-ring (bicyclic) bond motifs is 1. The van der Waals surface area contributed by atoms with E-state index in [1.807, 2.05) is 30.3 Å². The summed E-state index contributed by atoms with van der Waals surface area (Å²) in [5, 5.41) is 12.4. The Bertz CT molecular complexity index is 980. The third-order valence-electron chi connectivity index (χ3n) is 5.67. The maximum atomic E-state index is 12.7. The average molecular weight is 393 g/mol. The van der Waals surface area contributed by atoms with Gasteiger partial charge in [0.1, 0.15) is 5.75 Å². The molecule has 0 saturated carbocycles. The fourth-order valence-electron chi connectivity index (χ4n) is 4.13. The van der Waals surface area contributed by atoms with Gasteiger partial charge < -0.3 is 19.9 Å². The Balaban J connectivity index is 1.39. The first-order valence-electron chi connectivity index (χ1n) is 10.4. The molecule has 0 spiro atoms. The van der Waals surface area contributed by atoms with E-state index in [-0.39, 0.29) is 17.6 Å². The van der Waals surface area contributed by atoms with Gasteiger partial charge in [-0.15, -0.1) is 0 Å². The Morgan fingerprint density at radius 3 is 2.79 bits per heavy atom. The van der Waals surface area contributed by atoms with Crippen LogP contribution in [0.2, 0.25) is 0 Å². The van der Waals surface area contributed by atoms with Crippen molar-refractivity contribution < 1.29 is 9.90 Å². The highest BCUT2D eigenvalue weighted by atomic mass is 16.3. The zero-order valence-corrected chi connectivity index (χ0v) is 16.8. The largest absolute Gasteiger partial charge is 0.508 e. The molecule has 1 unspecified atom stereocenters. The van der Waals surface area contributed by atoms with Gasteiger partial charge in [-0.2, -0.15) is 0 Å². The molecule has 2 N–H and O–H groups in total. The summed E-state index contributed by atoms with van der Waals surface area (Å²) in [5.74, 6) is 1.33. The van der Waals surface area contributed by atoms with Gasteiger partial charge in [-0.05, 0) is 56.0 Å². The van der Waals surface area contributed by atoms with E-state index in [0.29, 0.717) is 13.1 Å². The number of anilines is 1. The molecule has 152 valence electrons. The standard InChI is InChI=1S/C23H28N4O2/c1-2-27-21-8-4-3-7-20(21)25-23(27)26-15-5-6-18(16-26)22(29)24-14-13-17-9-11-19(28)12-10-17/h3-4,7-12,18,28H,2,5-6,13-16H2,1H3,(H,24,29). The molecule has 2 aromatic carbocycles. The number of benzene rings is 2. The number of aromatic nitrogens is 2. The first kappa shape index (κ1) is 19.3. The fraction of sp³-hybridized carbons (Fsp3) is 0.391. The van der Waals surface area contributed by atoms with E-state index in [0.717, 1.165) is 54.9 Å². The Kier molecular flexibility index (Phi) is 5.69. The van der Waals surface area contributed by atoms with Crippen molar-refractivity contribution in [3.63, 3.8) is 0 Å². The molecule has 1 atom stereocenters. The number of phenols is 1. The molecule has 1 aromatic heterocycles. The van der Waals surface area contributed by atoms with Crippen LogP contribution in [0.4, 0.5) is 5.95 Å². The lowest BCUT2D eigenvalue weighted by atomic mass is 9.97. The number of hydrogen-bond acceptors (Lipinski definition) is 4. The van der Waals surface area contributed by atoms with Gasteiger partial charge in [0.25, 0.3) is 0 Å². The number of imidazole rings is 1. The summed E-state index contributed by atoms with van der Waals surface area (Å²) in [6.45, 7) is 5.23. The molecule has 1 aliphatic rings. The maximum absolute atomic E-state index is 12.7. The van der Waals surface area contributed by atoms with Crippen molar-refractivity contribution in [3.8, 4) is 5.75 Å². The molecule has 29 heavy (non-hydrogen) atoms. The summed E-state index contributed by atoms with van der Waals surface area (Å²) in [5.41, 5.74) is 3.25. The number of piperidine rings is 1. The molecule has 4 rings (SSSR count). The fourth-order valence-corrected chi connectivity index (χ4v) is 4.13. The number of carbonyl (C=O) groups is 1. The van der Waals surface area contributed by atoms with E-state index in [1.165, 1.54) is 0 Å². The molecule has 1 amide bonds. The predicted octanol–water partition coefficient (Wildman–Crippen LogP) is 3.34. The third kappa shape index (κ3) is 4.21. The number of amides is 1. The van der Waals surface area contributed by atoms with E-state index < -0.39 is 0 Å². The molecular formula is C23H28N4O2. The van der Waals surface area contributed by atoms with Crippen LogP contribution in [0.25, 0.3) is 11.0 Å². The number of para-hydroxylation sites is 2. The molecule has 0 radical (unpaired) electrons. The van der Waals surface area contributed by atoms with E-state index >= 15 is 0 Å². The molecule has 1 fully saturated rings. The number of carbonyl (C=O) groups excluding carboxylic acids is 1. The average Bonchev–Trinajstić information content (AvgIpc) is 3.14. The van der Waals surface area contributed by atoms with Crippen LogP contribution in [0.15, 0.2) is 48.5 Å². The molecule has 1 saturated heterocycles. The Morgan fingerprint density at radius 2 is 2.00 bits per heavy atom. The van der Waals surface area contributed by atoms with Crippen molar-refractivity contribution in [2.75, 3.05) is 24.5 Å². The molecule has 0 aliphatic carbocycles. The summed E-state index contributed by atoms with van der Waals surface area (Å²) < 4.78 is 2.24. The monoisotopic (exact) mass is 392 g/mol. The lowest BCUT2D eigenvalue weighted by molar-refractivity contribution is -0.125. The Labute approximate surface area is 171 Å². The molecular weight excluding hydrogens is 364 g/mol. The highest BCUT2D eigenvalue weighted by Crippen LogP contribution is 2.27. The zero-order chi connectivity index (χ0) is 20.2. The SMILES string of the molecule is CCn1c(N2CCCC(C(=O)NCCc3ccc(O)cc3)C2)nc2ccccc21. The van der Waals surface area contributed by atoms with Crippen molar-refractivity contribution in [2.24, 2.45) is 5.92 Å². The van der Waals surface area contributed by atoms with Crippen LogP contribution < -0.4 is 10.2 Å². The second-order valence-electron chi connectivity index (χ2n) is 7.64. The van der Waals surface area contributed by atoms with Crippen LogP contribution in [-0.2, 0) is 17.8 Å². The van der Waals surface area contributed by atoms with Crippen LogP contribution in [0.1, 0.15) is 25.3 Å². The van der Waals surface area contributed by atoms with Gasteiger partial charge in [0.15, 0.2) is 0 Å². The highest BCUT2D eigenvalue weighted by Gasteiger charge is 2.28. The summed E-state index contributed by atoms with van der Waals surface area (Å²) >= 11 is 0. The highest BCUT2D eigenvalue weighted by molar-refractivity contribution is 5.81. The number of aromatic hydroxyl groups is 1. The van der Waals surface area contributed by atoms with Gasteiger partial charge in [0.05, 0.1) is 17.0 Å². The number of nitrogens with one attached hydrogen (secondary N) is 1. The van der Waals surface area contributed by atoms with Crippen molar-refractivity contribution in [3.05, 3.63) is 54.1 Å². The number of hydrogen-bond donors (Lipinski definition) is 2. The first-order valence-corrected chi connectivity index (χ1v) is 10.4. The smallest absolute Gasteiger partial charge is 0.224 e. The molecule has 3 aromatic rings. The van der Waals surface area contributed by atoms with Gasteiger partial charge >= 0.3 is 0 Å². The van der Waals surface area contributed by atoms with E-state index in [1.54, 1.807) is 12.1 Å². The van der Waals surface area contributed by atoms with E-state index in [2.05, 4.69) is 27.8 Å². The maximum Gasteiger partial charge on any atom is 0.224 e. The quantitative estimate of drug-likeness (QED) is 0.675. The van der Waals surface area contributed by atoms with Crippen molar-refractivity contribution >= 4 is 22.9 Å². The zero-order valence-electron chi connectivity index (χ0n) is 16.8. The lowest BCUT2D eigenvalue weighted by Crippen LogP contribution is -2.44. The Hall–Kier alpha value is -3.02. The predicted molar refractivity (Wildman–Crippen MR) is 115 cm³/mol. The summed E-state index contributed by atoms with van der Waals surface area (Å²) in [6.07, 6.45) is 2.66. The van der Waals surface area contributed by atoms with Crippen LogP contribution in [0, 0.1) is 5.92 Å². The van der Waals surface area contributed by atoms with Gasteiger partial charge in [-0.1, -0.05) is 24.3 Å². The molecule has 2 heterocycles. The molecule has 6 heteroatoms. The van der Waals surface area contributed by atoms with Crippen LogP contribution in [-0.4, -0.2) is 40.2 Å². The topological polar surface area (TPSA) is 70.4 Å². The number of aryl methyl sites for hydroxylation is 1. The number of phenolic OH excluding ortho intramolecular Hbond substituents is 1. The third-order valence-corrected chi connectivity index (χ3v) is 5.67. The van der Waals surface area contributed by atoms with Crippen LogP contribution >= 0.6 is 0 Å².